The van der Waals surface area contributed by atoms with E-state index in [1.165, 1.54) is 0 Å². The summed E-state index contributed by atoms with van der Waals surface area (Å²) in [6.07, 6.45) is -2.53. The van der Waals surface area contributed by atoms with Crippen molar-refractivity contribution in [3.63, 3.8) is 0 Å². The molecule has 8 heteroatoms. The normalized spacial score (nSPS) is 12.0. The van der Waals surface area contributed by atoms with Gasteiger partial charge in [0.05, 0.1) is 6.61 Å². The van der Waals surface area contributed by atoms with Gasteiger partial charge in [-0.05, 0) is 24.6 Å². The quantitative estimate of drug-likeness (QED) is 0.848. The molecule has 0 atom stereocenters. The van der Waals surface area contributed by atoms with E-state index in [9.17, 15) is 13.2 Å². The number of hydrogen-bond donors (Lipinski definition) is 1. The Morgan fingerprint density at radius 3 is 2.95 bits per heavy atom. The third-order valence-electron chi connectivity index (χ3n) is 2.29. The van der Waals surface area contributed by atoms with Gasteiger partial charge in [0.1, 0.15) is 6.61 Å². The van der Waals surface area contributed by atoms with Gasteiger partial charge in [-0.25, -0.2) is 4.52 Å². The summed E-state index contributed by atoms with van der Waals surface area (Å²) in [7, 11) is 0. The van der Waals surface area contributed by atoms with Crippen LogP contribution >= 0.6 is 0 Å². The monoisotopic (exact) mass is 274 g/mol. The van der Waals surface area contributed by atoms with Gasteiger partial charge >= 0.3 is 6.18 Å². The second-order valence-electron chi connectivity index (χ2n) is 4.04. The Kier molecular flexibility index (Phi) is 3.89. The van der Waals surface area contributed by atoms with Gasteiger partial charge in [-0.15, -0.1) is 5.10 Å². The number of nitrogens with zero attached hydrogens (tertiary/aromatic N) is 3. The maximum absolute atomic E-state index is 11.8. The molecule has 0 radical (unpaired) electrons. The average molecular weight is 274 g/mol. The fourth-order valence-electron chi connectivity index (χ4n) is 1.48. The number of halogens is 3. The highest BCUT2D eigenvalue weighted by atomic mass is 19.4. The topological polar surface area (TPSA) is 51.5 Å². The summed E-state index contributed by atoms with van der Waals surface area (Å²) in [6.45, 7) is 0.846. The van der Waals surface area contributed by atoms with E-state index in [4.69, 9.17) is 0 Å². The highest BCUT2D eigenvalue weighted by molar-refractivity contribution is 5.45. The van der Waals surface area contributed by atoms with Gasteiger partial charge in [0.2, 0.25) is 5.95 Å². The van der Waals surface area contributed by atoms with Crippen molar-refractivity contribution in [3.8, 4) is 0 Å². The summed E-state index contributed by atoms with van der Waals surface area (Å²) in [4.78, 5) is 4.18. The Hall–Kier alpha value is -1.83. The number of pyridine rings is 1. The van der Waals surface area contributed by atoms with Crippen molar-refractivity contribution >= 4 is 11.6 Å². The molecular weight excluding hydrogens is 261 g/mol. The second-order valence-corrected chi connectivity index (χ2v) is 4.04. The molecule has 0 unspecified atom stereocenters. The molecule has 2 aromatic rings. The zero-order chi connectivity index (χ0) is 13.9. The van der Waals surface area contributed by atoms with Crippen LogP contribution in [-0.4, -0.2) is 40.5 Å². The Balaban J connectivity index is 1.82. The summed E-state index contributed by atoms with van der Waals surface area (Å²) in [5.74, 6) is 0.362. The molecule has 2 heterocycles. The van der Waals surface area contributed by atoms with Crippen LogP contribution in [-0.2, 0) is 4.74 Å². The third kappa shape index (κ3) is 4.09. The Morgan fingerprint density at radius 2 is 2.21 bits per heavy atom. The SMILES string of the molecule is Cc1ccn2nc(NCCOCC(F)(F)F)nc2c1. The molecule has 104 valence electrons. The van der Waals surface area contributed by atoms with Crippen LogP contribution in [0.3, 0.4) is 0 Å². The third-order valence-corrected chi connectivity index (χ3v) is 2.29. The van der Waals surface area contributed by atoms with Gasteiger partial charge in [-0.3, -0.25) is 0 Å². The molecule has 1 N–H and O–H groups in total. The summed E-state index contributed by atoms with van der Waals surface area (Å²) < 4.78 is 41.5. The van der Waals surface area contributed by atoms with Crippen LogP contribution in [0.25, 0.3) is 5.65 Å². The van der Waals surface area contributed by atoms with Gasteiger partial charge in [0.25, 0.3) is 0 Å². The minimum atomic E-state index is -4.29. The highest BCUT2D eigenvalue weighted by Crippen LogP contribution is 2.14. The van der Waals surface area contributed by atoms with Gasteiger partial charge in [-0.1, -0.05) is 0 Å². The lowest BCUT2D eigenvalue weighted by molar-refractivity contribution is -0.172. The molecular formula is C11H13F3N4O. The number of hydrogen-bond acceptors (Lipinski definition) is 4. The molecule has 0 aromatic carbocycles. The molecule has 5 nitrogen and oxygen atoms in total. The first-order valence-electron chi connectivity index (χ1n) is 5.65. The fraction of sp³-hybridized carbons (Fsp3) is 0.455. The minimum absolute atomic E-state index is 0.0614. The van der Waals surface area contributed by atoms with Gasteiger partial charge in [0, 0.05) is 12.7 Å². The van der Waals surface area contributed by atoms with E-state index in [0.717, 1.165) is 5.56 Å². The molecule has 0 aliphatic heterocycles. The van der Waals surface area contributed by atoms with Gasteiger partial charge in [-0.2, -0.15) is 18.2 Å². The molecule has 0 fully saturated rings. The molecule has 0 saturated carbocycles. The lowest BCUT2D eigenvalue weighted by Crippen LogP contribution is -2.20. The van der Waals surface area contributed by atoms with Crippen LogP contribution < -0.4 is 5.32 Å². The van der Waals surface area contributed by atoms with Crippen molar-refractivity contribution in [2.45, 2.75) is 13.1 Å². The predicted octanol–water partition coefficient (Wildman–Crippen LogP) is 2.03. The number of ether oxygens (including phenoxy) is 1. The second kappa shape index (κ2) is 5.43. The highest BCUT2D eigenvalue weighted by Gasteiger charge is 2.27. The molecule has 2 rings (SSSR count). The smallest absolute Gasteiger partial charge is 0.370 e. The molecule has 0 aliphatic carbocycles. The van der Waals surface area contributed by atoms with Crippen LogP contribution in [0.2, 0.25) is 0 Å². The van der Waals surface area contributed by atoms with Crippen LogP contribution in [0.5, 0.6) is 0 Å². The molecule has 0 amide bonds. The lowest BCUT2D eigenvalue weighted by atomic mass is 10.3. The van der Waals surface area contributed by atoms with E-state index in [2.05, 4.69) is 20.1 Å². The fourth-order valence-corrected chi connectivity index (χ4v) is 1.48. The first-order valence-corrected chi connectivity index (χ1v) is 5.65. The molecule has 0 aliphatic rings. The molecule has 0 saturated heterocycles. The van der Waals surface area contributed by atoms with E-state index >= 15 is 0 Å². The van der Waals surface area contributed by atoms with Crippen LogP contribution in [0, 0.1) is 6.92 Å². The number of alkyl halides is 3. The number of anilines is 1. The molecule has 2 aromatic heterocycles. The average Bonchev–Trinajstić information content (AvgIpc) is 2.68. The maximum Gasteiger partial charge on any atom is 0.411 e. The van der Waals surface area contributed by atoms with Crippen molar-refractivity contribution < 1.29 is 17.9 Å². The first kappa shape index (κ1) is 13.6. The largest absolute Gasteiger partial charge is 0.411 e. The van der Waals surface area contributed by atoms with Gasteiger partial charge < -0.3 is 10.1 Å². The van der Waals surface area contributed by atoms with Crippen molar-refractivity contribution in [3.05, 3.63) is 23.9 Å². The maximum atomic E-state index is 11.8. The summed E-state index contributed by atoms with van der Waals surface area (Å²) >= 11 is 0. The van der Waals surface area contributed by atoms with E-state index in [1.54, 1.807) is 10.7 Å². The molecule has 19 heavy (non-hydrogen) atoms. The Morgan fingerprint density at radius 1 is 1.42 bits per heavy atom. The van der Waals surface area contributed by atoms with Crippen molar-refractivity contribution in [2.75, 3.05) is 25.1 Å². The van der Waals surface area contributed by atoms with Crippen molar-refractivity contribution in [1.82, 2.24) is 14.6 Å². The van der Waals surface area contributed by atoms with E-state index in [0.29, 0.717) is 11.6 Å². The molecule has 0 bridgehead atoms. The Labute approximate surface area is 107 Å². The number of aromatic nitrogens is 3. The summed E-state index contributed by atoms with van der Waals surface area (Å²) in [6, 6.07) is 3.75. The standard InChI is InChI=1S/C11H13F3N4O/c1-8-2-4-18-9(6-8)16-10(17-18)15-3-5-19-7-11(12,13)14/h2,4,6H,3,5,7H2,1H3,(H,15,17). The van der Waals surface area contributed by atoms with Crippen LogP contribution in [0.4, 0.5) is 19.1 Å². The number of fused-ring (bicyclic) bond motifs is 1. The number of aryl methyl sites for hydroxylation is 1. The van der Waals surface area contributed by atoms with Crippen molar-refractivity contribution in [1.29, 1.82) is 0 Å². The van der Waals surface area contributed by atoms with Gasteiger partial charge in [0.15, 0.2) is 5.65 Å². The van der Waals surface area contributed by atoms with Crippen molar-refractivity contribution in [2.24, 2.45) is 0 Å². The van der Waals surface area contributed by atoms with E-state index in [-0.39, 0.29) is 13.2 Å². The summed E-state index contributed by atoms with van der Waals surface area (Å²) in [5, 5.41) is 6.92. The summed E-state index contributed by atoms with van der Waals surface area (Å²) in [5.41, 5.74) is 1.73. The zero-order valence-electron chi connectivity index (χ0n) is 10.2. The van der Waals surface area contributed by atoms with Crippen LogP contribution in [0.1, 0.15) is 5.56 Å². The first-order chi connectivity index (χ1) is 8.94. The van der Waals surface area contributed by atoms with Crippen LogP contribution in [0.15, 0.2) is 18.3 Å². The Bertz CT molecular complexity index is 552. The lowest BCUT2D eigenvalue weighted by Gasteiger charge is -2.07. The number of nitrogens with one attached hydrogen (secondary N) is 1. The van der Waals surface area contributed by atoms with E-state index in [1.807, 2.05) is 19.1 Å². The zero-order valence-corrected chi connectivity index (χ0v) is 10.2. The number of rotatable bonds is 5. The molecule has 0 spiro atoms. The minimum Gasteiger partial charge on any atom is -0.370 e. The van der Waals surface area contributed by atoms with E-state index < -0.39 is 12.8 Å². The predicted molar refractivity (Wildman–Crippen MR) is 63.1 cm³/mol.